The highest BCUT2D eigenvalue weighted by atomic mass is 16.4. The molecule has 152 valence electrons. The molecule has 0 amide bonds. The lowest BCUT2D eigenvalue weighted by molar-refractivity contribution is -0.00606. The lowest BCUT2D eigenvalue weighted by atomic mass is 9.48. The summed E-state index contributed by atoms with van der Waals surface area (Å²) in [7, 11) is 0. The summed E-state index contributed by atoms with van der Waals surface area (Å²) >= 11 is 0. The van der Waals surface area contributed by atoms with Crippen molar-refractivity contribution in [2.24, 2.45) is 17.8 Å². The summed E-state index contributed by atoms with van der Waals surface area (Å²) in [5.41, 5.74) is 3.67. The number of aromatic carboxylic acids is 1. The van der Waals surface area contributed by atoms with Crippen molar-refractivity contribution in [1.82, 2.24) is 0 Å². The highest BCUT2D eigenvalue weighted by Crippen LogP contribution is 2.62. The fourth-order valence-corrected chi connectivity index (χ4v) is 7.22. The number of aromatic hydroxyl groups is 1. The second-order valence-corrected chi connectivity index (χ2v) is 9.98. The summed E-state index contributed by atoms with van der Waals surface area (Å²) in [6, 6.07) is 17.4. The molecule has 4 saturated carbocycles. The van der Waals surface area contributed by atoms with E-state index in [-0.39, 0.29) is 5.41 Å². The van der Waals surface area contributed by atoms with Crippen LogP contribution in [0.25, 0.3) is 21.9 Å². The predicted octanol–water partition coefficient (Wildman–Crippen LogP) is 6.38. The Hall–Kier alpha value is -2.81. The second kappa shape index (κ2) is 6.34. The Balaban J connectivity index is 1.50. The summed E-state index contributed by atoms with van der Waals surface area (Å²) in [6.07, 6.45) is 7.80. The molecule has 2 N–H and O–H groups in total. The largest absolute Gasteiger partial charge is 0.508 e. The van der Waals surface area contributed by atoms with E-state index in [1.165, 1.54) is 38.5 Å². The maximum Gasteiger partial charge on any atom is 0.335 e. The van der Waals surface area contributed by atoms with E-state index in [0.29, 0.717) is 11.3 Å². The number of carboxylic acids is 1. The monoisotopic (exact) mass is 398 g/mol. The zero-order chi connectivity index (χ0) is 20.5. The molecule has 4 aliphatic carbocycles. The molecule has 0 unspecified atom stereocenters. The molecule has 7 rings (SSSR count). The van der Waals surface area contributed by atoms with Crippen molar-refractivity contribution in [3.63, 3.8) is 0 Å². The van der Waals surface area contributed by atoms with E-state index in [1.807, 2.05) is 30.3 Å². The first-order valence-electron chi connectivity index (χ1n) is 11.1. The van der Waals surface area contributed by atoms with Gasteiger partial charge in [0.1, 0.15) is 5.75 Å². The number of benzene rings is 3. The van der Waals surface area contributed by atoms with Crippen molar-refractivity contribution >= 4 is 16.7 Å². The van der Waals surface area contributed by atoms with Gasteiger partial charge in [-0.1, -0.05) is 30.3 Å². The van der Waals surface area contributed by atoms with E-state index < -0.39 is 5.97 Å². The van der Waals surface area contributed by atoms with Crippen LogP contribution in [-0.2, 0) is 5.41 Å². The number of carbonyl (C=O) groups is 1. The maximum absolute atomic E-state index is 11.2. The van der Waals surface area contributed by atoms with Crippen molar-refractivity contribution in [1.29, 1.82) is 0 Å². The maximum atomic E-state index is 11.2. The van der Waals surface area contributed by atoms with E-state index in [4.69, 9.17) is 0 Å². The predicted molar refractivity (Wildman–Crippen MR) is 118 cm³/mol. The quantitative estimate of drug-likeness (QED) is 0.538. The summed E-state index contributed by atoms with van der Waals surface area (Å²) in [4.78, 5) is 11.2. The third-order valence-electron chi connectivity index (χ3n) is 8.05. The van der Waals surface area contributed by atoms with Crippen LogP contribution in [0.5, 0.6) is 5.75 Å². The first kappa shape index (κ1) is 18.0. The zero-order valence-electron chi connectivity index (χ0n) is 17.0. The van der Waals surface area contributed by atoms with Crippen molar-refractivity contribution in [3.8, 4) is 16.9 Å². The van der Waals surface area contributed by atoms with Crippen LogP contribution in [0, 0.1) is 17.8 Å². The molecule has 4 bridgehead atoms. The molecule has 3 aromatic carbocycles. The molecule has 0 spiro atoms. The van der Waals surface area contributed by atoms with Crippen molar-refractivity contribution in [2.75, 3.05) is 0 Å². The van der Waals surface area contributed by atoms with Crippen molar-refractivity contribution in [2.45, 2.75) is 43.9 Å². The SMILES string of the molecule is O=C(O)c1ccc(-c2cccc3cc(O)c(C45CC6CC(CC(C6)C4)C5)cc23)cc1. The molecule has 0 aromatic heterocycles. The number of carboxylic acid groups (broad SMARTS) is 1. The van der Waals surface area contributed by atoms with Crippen molar-refractivity contribution < 1.29 is 15.0 Å². The molecule has 0 saturated heterocycles. The van der Waals surface area contributed by atoms with Crippen LogP contribution in [0.3, 0.4) is 0 Å². The van der Waals surface area contributed by atoms with E-state index >= 15 is 0 Å². The Bertz CT molecular complexity index is 1120. The number of hydrogen-bond acceptors (Lipinski definition) is 2. The van der Waals surface area contributed by atoms with Crippen LogP contribution >= 0.6 is 0 Å². The third-order valence-corrected chi connectivity index (χ3v) is 8.05. The van der Waals surface area contributed by atoms with E-state index in [9.17, 15) is 15.0 Å². The lowest BCUT2D eigenvalue weighted by Gasteiger charge is -2.57. The molecule has 3 heteroatoms. The van der Waals surface area contributed by atoms with Crippen LogP contribution < -0.4 is 0 Å². The minimum Gasteiger partial charge on any atom is -0.508 e. The van der Waals surface area contributed by atoms with Gasteiger partial charge in [0.25, 0.3) is 0 Å². The van der Waals surface area contributed by atoms with Gasteiger partial charge in [0, 0.05) is 5.56 Å². The first-order chi connectivity index (χ1) is 14.5. The topological polar surface area (TPSA) is 57.5 Å². The summed E-state index contributed by atoms with van der Waals surface area (Å²) in [6.45, 7) is 0. The smallest absolute Gasteiger partial charge is 0.335 e. The zero-order valence-corrected chi connectivity index (χ0v) is 17.0. The summed E-state index contributed by atoms with van der Waals surface area (Å²) in [5, 5.41) is 22.4. The number of phenols is 1. The van der Waals surface area contributed by atoms with Gasteiger partial charge < -0.3 is 10.2 Å². The lowest BCUT2D eigenvalue weighted by Crippen LogP contribution is -2.48. The summed E-state index contributed by atoms with van der Waals surface area (Å²) in [5.74, 6) is 2.01. The van der Waals surface area contributed by atoms with Gasteiger partial charge in [-0.15, -0.1) is 0 Å². The number of fused-ring (bicyclic) bond motifs is 1. The minimum atomic E-state index is -0.909. The average Bonchev–Trinajstić information content (AvgIpc) is 2.72. The van der Waals surface area contributed by atoms with Gasteiger partial charge in [0.05, 0.1) is 5.56 Å². The van der Waals surface area contributed by atoms with Gasteiger partial charge in [-0.25, -0.2) is 4.79 Å². The fraction of sp³-hybridized carbons (Fsp3) is 0.370. The Morgan fingerprint density at radius 1 is 0.867 bits per heavy atom. The van der Waals surface area contributed by atoms with Gasteiger partial charge in [0.15, 0.2) is 0 Å². The first-order valence-corrected chi connectivity index (χ1v) is 11.1. The van der Waals surface area contributed by atoms with Gasteiger partial charge in [-0.2, -0.15) is 0 Å². The Morgan fingerprint density at radius 3 is 2.10 bits per heavy atom. The molecule has 4 aliphatic rings. The van der Waals surface area contributed by atoms with E-state index in [2.05, 4.69) is 12.1 Å². The Kier molecular flexibility index (Phi) is 3.80. The number of rotatable bonds is 3. The molecule has 0 aliphatic heterocycles. The van der Waals surface area contributed by atoms with Gasteiger partial charge in [-0.05, 0) is 108 Å². The minimum absolute atomic E-state index is 0.132. The van der Waals surface area contributed by atoms with E-state index in [1.54, 1.807) is 12.1 Å². The third kappa shape index (κ3) is 2.68. The Labute approximate surface area is 176 Å². The fourth-order valence-electron chi connectivity index (χ4n) is 7.22. The average molecular weight is 399 g/mol. The molecule has 3 nitrogen and oxygen atoms in total. The molecule has 0 atom stereocenters. The Morgan fingerprint density at radius 2 is 1.50 bits per heavy atom. The number of hydrogen-bond donors (Lipinski definition) is 2. The van der Waals surface area contributed by atoms with Crippen LogP contribution in [0.4, 0.5) is 0 Å². The molecule has 0 heterocycles. The normalized spacial score (nSPS) is 29.4. The van der Waals surface area contributed by atoms with Gasteiger partial charge in [0.2, 0.25) is 0 Å². The van der Waals surface area contributed by atoms with Crippen LogP contribution in [0.1, 0.15) is 54.4 Å². The highest BCUT2D eigenvalue weighted by Gasteiger charge is 2.52. The summed E-state index contributed by atoms with van der Waals surface area (Å²) < 4.78 is 0. The molecule has 4 fully saturated rings. The molecule has 0 radical (unpaired) electrons. The standard InChI is InChI=1S/C27H26O3/c28-25-11-21-2-1-3-22(19-4-6-20(7-5-19)26(29)30)23(21)12-24(25)27-13-16-8-17(14-27)10-18(9-16)15-27/h1-7,11-12,16-18,28H,8-10,13-15H2,(H,29,30). The van der Waals surface area contributed by atoms with Crippen molar-refractivity contribution in [3.05, 3.63) is 65.7 Å². The number of phenolic OH excluding ortho intramolecular Hbond substituents is 1. The van der Waals surface area contributed by atoms with Crippen LogP contribution in [0.2, 0.25) is 0 Å². The molecular formula is C27H26O3. The van der Waals surface area contributed by atoms with Crippen LogP contribution in [0.15, 0.2) is 54.6 Å². The molecule has 30 heavy (non-hydrogen) atoms. The second-order valence-electron chi connectivity index (χ2n) is 9.98. The molecule has 3 aromatic rings. The van der Waals surface area contributed by atoms with Gasteiger partial charge in [-0.3, -0.25) is 0 Å². The van der Waals surface area contributed by atoms with E-state index in [0.717, 1.165) is 45.2 Å². The van der Waals surface area contributed by atoms with Gasteiger partial charge >= 0.3 is 5.97 Å². The molecular weight excluding hydrogens is 372 g/mol. The highest BCUT2D eigenvalue weighted by molar-refractivity contribution is 5.98. The van der Waals surface area contributed by atoms with Crippen LogP contribution in [-0.4, -0.2) is 16.2 Å².